The van der Waals surface area contributed by atoms with Gasteiger partial charge in [-0.05, 0) is 26.2 Å². The standard InChI is InChI=1S/C10H17NO/c1-3-4-5-6-7-10(12)9(2)8-11/h4-5,9-10,12H,3,6-7H2,1-2H3. The Morgan fingerprint density at radius 3 is 2.67 bits per heavy atom. The highest BCUT2D eigenvalue weighted by Gasteiger charge is 2.11. The molecular formula is C10H17NO. The summed E-state index contributed by atoms with van der Waals surface area (Å²) in [5, 5.41) is 17.8. The Labute approximate surface area is 74.5 Å². The first kappa shape index (κ1) is 11.2. The van der Waals surface area contributed by atoms with Crippen molar-refractivity contribution >= 4 is 0 Å². The largest absolute Gasteiger partial charge is 0.392 e. The minimum atomic E-state index is -0.475. The van der Waals surface area contributed by atoms with Crippen LogP contribution in [0.4, 0.5) is 0 Å². The quantitative estimate of drug-likeness (QED) is 0.638. The van der Waals surface area contributed by atoms with Crippen molar-refractivity contribution in [2.75, 3.05) is 0 Å². The lowest BCUT2D eigenvalue weighted by molar-refractivity contribution is 0.132. The smallest absolute Gasteiger partial charge is 0.0698 e. The molecule has 2 unspecified atom stereocenters. The van der Waals surface area contributed by atoms with E-state index >= 15 is 0 Å². The van der Waals surface area contributed by atoms with Crippen LogP contribution < -0.4 is 0 Å². The summed E-state index contributed by atoms with van der Waals surface area (Å²) in [6, 6.07) is 2.03. The Morgan fingerprint density at radius 1 is 1.50 bits per heavy atom. The third kappa shape index (κ3) is 4.92. The van der Waals surface area contributed by atoms with Crippen molar-refractivity contribution < 1.29 is 5.11 Å². The number of aliphatic hydroxyl groups is 1. The molecule has 2 atom stereocenters. The van der Waals surface area contributed by atoms with Gasteiger partial charge in [-0.15, -0.1) is 0 Å². The van der Waals surface area contributed by atoms with Crippen LogP contribution in [0.2, 0.25) is 0 Å². The van der Waals surface area contributed by atoms with Gasteiger partial charge in [-0.2, -0.15) is 5.26 Å². The number of allylic oxidation sites excluding steroid dienone is 2. The van der Waals surface area contributed by atoms with Crippen molar-refractivity contribution in [2.45, 2.75) is 39.2 Å². The Kier molecular flexibility index (Phi) is 6.41. The number of nitriles is 1. The van der Waals surface area contributed by atoms with E-state index in [0.717, 1.165) is 12.8 Å². The minimum absolute atomic E-state index is 0.250. The molecular weight excluding hydrogens is 150 g/mol. The van der Waals surface area contributed by atoms with Crippen molar-refractivity contribution in [1.82, 2.24) is 0 Å². The number of hydrogen-bond acceptors (Lipinski definition) is 2. The van der Waals surface area contributed by atoms with E-state index in [0.29, 0.717) is 6.42 Å². The molecule has 0 aliphatic carbocycles. The predicted octanol–water partition coefficient (Wildman–Crippen LogP) is 2.25. The molecule has 0 spiro atoms. The molecule has 0 fully saturated rings. The first-order chi connectivity index (χ1) is 5.72. The molecule has 2 nitrogen and oxygen atoms in total. The molecule has 0 aromatic rings. The van der Waals surface area contributed by atoms with Crippen molar-refractivity contribution in [3.05, 3.63) is 12.2 Å². The molecule has 0 heterocycles. The summed E-state index contributed by atoms with van der Waals surface area (Å²) in [6.07, 6.45) is 6.23. The lowest BCUT2D eigenvalue weighted by Crippen LogP contribution is -2.15. The van der Waals surface area contributed by atoms with Gasteiger partial charge in [-0.25, -0.2) is 0 Å². The zero-order chi connectivity index (χ0) is 9.40. The average Bonchev–Trinajstić information content (AvgIpc) is 2.10. The molecule has 0 aliphatic rings. The number of rotatable bonds is 5. The normalized spacial score (nSPS) is 15.8. The van der Waals surface area contributed by atoms with Crippen LogP contribution in [0.1, 0.15) is 33.1 Å². The highest BCUT2D eigenvalue weighted by molar-refractivity contribution is 4.87. The lowest BCUT2D eigenvalue weighted by atomic mass is 10.0. The molecule has 68 valence electrons. The van der Waals surface area contributed by atoms with Gasteiger partial charge in [0.25, 0.3) is 0 Å². The van der Waals surface area contributed by atoms with Crippen LogP contribution in [0.15, 0.2) is 12.2 Å². The first-order valence-electron chi connectivity index (χ1n) is 4.45. The van der Waals surface area contributed by atoms with Gasteiger partial charge in [0.1, 0.15) is 0 Å². The molecule has 0 rings (SSSR count). The fourth-order valence-electron chi connectivity index (χ4n) is 0.888. The van der Waals surface area contributed by atoms with Crippen LogP contribution in [-0.4, -0.2) is 11.2 Å². The lowest BCUT2D eigenvalue weighted by Gasteiger charge is -2.09. The number of aliphatic hydroxyl groups excluding tert-OH is 1. The molecule has 12 heavy (non-hydrogen) atoms. The molecule has 0 saturated carbocycles. The maximum Gasteiger partial charge on any atom is 0.0698 e. The maximum atomic E-state index is 9.36. The monoisotopic (exact) mass is 167 g/mol. The van der Waals surface area contributed by atoms with Gasteiger partial charge in [0.05, 0.1) is 18.1 Å². The molecule has 0 saturated heterocycles. The summed E-state index contributed by atoms with van der Waals surface area (Å²) >= 11 is 0. The van der Waals surface area contributed by atoms with Crippen LogP contribution in [0.25, 0.3) is 0 Å². The SMILES string of the molecule is CCC=CCCC(O)C(C)C#N. The van der Waals surface area contributed by atoms with Gasteiger partial charge in [0.15, 0.2) is 0 Å². The van der Waals surface area contributed by atoms with Crippen molar-refractivity contribution in [2.24, 2.45) is 5.92 Å². The van der Waals surface area contributed by atoms with Crippen molar-refractivity contribution in [3.8, 4) is 6.07 Å². The number of hydrogen-bond donors (Lipinski definition) is 1. The van der Waals surface area contributed by atoms with Crippen LogP contribution in [0, 0.1) is 17.2 Å². The summed E-state index contributed by atoms with van der Waals surface area (Å²) in [6.45, 7) is 3.82. The maximum absolute atomic E-state index is 9.36. The predicted molar refractivity (Wildman–Crippen MR) is 49.4 cm³/mol. The summed E-state index contributed by atoms with van der Waals surface area (Å²) in [4.78, 5) is 0. The zero-order valence-corrected chi connectivity index (χ0v) is 7.83. The fourth-order valence-corrected chi connectivity index (χ4v) is 0.888. The first-order valence-corrected chi connectivity index (χ1v) is 4.45. The zero-order valence-electron chi connectivity index (χ0n) is 7.83. The summed E-state index contributed by atoms with van der Waals surface area (Å²) in [5.74, 6) is -0.250. The van der Waals surface area contributed by atoms with E-state index in [4.69, 9.17) is 5.26 Å². The Morgan fingerprint density at radius 2 is 2.17 bits per heavy atom. The van der Waals surface area contributed by atoms with Gasteiger partial charge < -0.3 is 5.11 Å². The van der Waals surface area contributed by atoms with Gasteiger partial charge in [-0.3, -0.25) is 0 Å². The molecule has 0 aromatic carbocycles. The molecule has 1 N–H and O–H groups in total. The van der Waals surface area contributed by atoms with E-state index in [-0.39, 0.29) is 5.92 Å². The second-order valence-corrected chi connectivity index (χ2v) is 2.94. The molecule has 0 amide bonds. The van der Waals surface area contributed by atoms with Crippen molar-refractivity contribution in [1.29, 1.82) is 5.26 Å². The summed E-state index contributed by atoms with van der Waals surface area (Å²) < 4.78 is 0. The van der Waals surface area contributed by atoms with Crippen LogP contribution in [0.3, 0.4) is 0 Å². The molecule has 0 aromatic heterocycles. The van der Waals surface area contributed by atoms with E-state index in [2.05, 4.69) is 13.0 Å². The van der Waals surface area contributed by atoms with Crippen LogP contribution in [0.5, 0.6) is 0 Å². The Bertz CT molecular complexity index is 169. The van der Waals surface area contributed by atoms with E-state index < -0.39 is 6.10 Å². The van der Waals surface area contributed by atoms with E-state index in [1.807, 2.05) is 12.1 Å². The third-order valence-corrected chi connectivity index (χ3v) is 1.81. The van der Waals surface area contributed by atoms with Gasteiger partial charge >= 0.3 is 0 Å². The molecule has 2 heteroatoms. The Balaban J connectivity index is 3.51. The summed E-state index contributed by atoms with van der Waals surface area (Å²) in [5.41, 5.74) is 0. The third-order valence-electron chi connectivity index (χ3n) is 1.81. The van der Waals surface area contributed by atoms with Crippen molar-refractivity contribution in [3.63, 3.8) is 0 Å². The number of nitrogens with zero attached hydrogens (tertiary/aromatic N) is 1. The van der Waals surface area contributed by atoms with Gasteiger partial charge in [0, 0.05) is 0 Å². The highest BCUT2D eigenvalue weighted by Crippen LogP contribution is 2.08. The van der Waals surface area contributed by atoms with Crippen LogP contribution >= 0.6 is 0 Å². The van der Waals surface area contributed by atoms with E-state index in [1.54, 1.807) is 6.92 Å². The highest BCUT2D eigenvalue weighted by atomic mass is 16.3. The fraction of sp³-hybridized carbons (Fsp3) is 0.700. The minimum Gasteiger partial charge on any atom is -0.392 e. The van der Waals surface area contributed by atoms with Crippen LogP contribution in [-0.2, 0) is 0 Å². The second-order valence-electron chi connectivity index (χ2n) is 2.94. The average molecular weight is 167 g/mol. The molecule has 0 radical (unpaired) electrons. The molecule has 0 aliphatic heterocycles. The van der Waals surface area contributed by atoms with E-state index in [1.165, 1.54) is 0 Å². The second kappa shape index (κ2) is 6.87. The van der Waals surface area contributed by atoms with E-state index in [9.17, 15) is 5.11 Å². The summed E-state index contributed by atoms with van der Waals surface area (Å²) in [7, 11) is 0. The molecule has 0 bridgehead atoms. The topological polar surface area (TPSA) is 44.0 Å². The van der Waals surface area contributed by atoms with Gasteiger partial charge in [-0.1, -0.05) is 19.1 Å². The Hall–Kier alpha value is -0.810. The van der Waals surface area contributed by atoms with Gasteiger partial charge in [0.2, 0.25) is 0 Å².